The summed E-state index contributed by atoms with van der Waals surface area (Å²) in [5, 5.41) is 0. The number of nitrogens with two attached hydrogens (primary N) is 1. The summed E-state index contributed by atoms with van der Waals surface area (Å²) in [6.07, 6.45) is 10.2. The molecule has 4 fully saturated rings. The Balaban J connectivity index is 1.42. The topological polar surface area (TPSA) is 43.1 Å². The molecule has 7 unspecified atom stereocenters. The second-order valence-electron chi connectivity index (χ2n) is 7.54. The lowest BCUT2D eigenvalue weighted by Crippen LogP contribution is -2.41. The van der Waals surface area contributed by atoms with Crippen LogP contribution >= 0.6 is 0 Å². The summed E-state index contributed by atoms with van der Waals surface area (Å²) < 4.78 is 0. The highest BCUT2D eigenvalue weighted by Gasteiger charge is 2.50. The molecule has 0 spiro atoms. The van der Waals surface area contributed by atoms with Crippen LogP contribution in [-0.4, -0.2) is 11.8 Å². The molecule has 100 valence electrons. The average molecular weight is 247 g/mol. The van der Waals surface area contributed by atoms with Gasteiger partial charge < -0.3 is 5.73 Å². The number of Topliss-reactive ketones (excluding diaryl/α,β-unsaturated/α-hetero) is 1. The fourth-order valence-electron chi connectivity index (χ4n) is 5.83. The molecule has 0 saturated heterocycles. The molecule has 4 aliphatic carbocycles. The van der Waals surface area contributed by atoms with Gasteiger partial charge in [0.2, 0.25) is 0 Å². The first kappa shape index (κ1) is 11.5. The van der Waals surface area contributed by atoms with Gasteiger partial charge in [-0.2, -0.15) is 0 Å². The smallest absolute Gasteiger partial charge is 0.138 e. The first-order chi connectivity index (χ1) is 8.72. The summed E-state index contributed by atoms with van der Waals surface area (Å²) in [7, 11) is 0. The number of rotatable bonds is 3. The normalized spacial score (nSPS) is 53.3. The molecule has 7 atom stereocenters. The number of hydrogen-bond acceptors (Lipinski definition) is 2. The molecule has 4 bridgehead atoms. The molecule has 0 aromatic rings. The van der Waals surface area contributed by atoms with E-state index in [1.165, 1.54) is 44.9 Å². The van der Waals surface area contributed by atoms with Gasteiger partial charge in [-0.15, -0.1) is 0 Å². The minimum Gasteiger partial charge on any atom is -0.327 e. The maximum atomic E-state index is 12.6. The maximum absolute atomic E-state index is 12.6. The van der Waals surface area contributed by atoms with Crippen molar-refractivity contribution in [1.82, 2.24) is 0 Å². The fraction of sp³-hybridized carbons (Fsp3) is 0.938. The molecule has 0 heterocycles. The molecule has 0 amide bonds. The largest absolute Gasteiger partial charge is 0.327 e. The van der Waals surface area contributed by atoms with Crippen molar-refractivity contribution in [3.8, 4) is 0 Å². The minimum atomic E-state index is 0.204. The van der Waals surface area contributed by atoms with E-state index >= 15 is 0 Å². The Morgan fingerprint density at radius 2 is 1.72 bits per heavy atom. The molecule has 0 radical (unpaired) electrons. The molecule has 2 nitrogen and oxygen atoms in total. The fourth-order valence-corrected chi connectivity index (χ4v) is 5.83. The summed E-state index contributed by atoms with van der Waals surface area (Å²) in [6, 6.07) is 0.204. The zero-order chi connectivity index (χ0) is 12.3. The van der Waals surface area contributed by atoms with E-state index in [0.29, 0.717) is 17.6 Å². The van der Waals surface area contributed by atoms with E-state index < -0.39 is 0 Å². The van der Waals surface area contributed by atoms with Gasteiger partial charge in [-0.25, -0.2) is 0 Å². The molecule has 4 aliphatic rings. The lowest BCUT2D eigenvalue weighted by molar-refractivity contribution is -0.126. The van der Waals surface area contributed by atoms with Gasteiger partial charge in [-0.1, -0.05) is 6.42 Å². The summed E-state index contributed by atoms with van der Waals surface area (Å²) >= 11 is 0. The molecule has 18 heavy (non-hydrogen) atoms. The van der Waals surface area contributed by atoms with E-state index in [1.54, 1.807) is 0 Å². The van der Waals surface area contributed by atoms with Crippen LogP contribution in [0.2, 0.25) is 0 Å². The number of carbonyl (C=O) groups excluding carboxylic acids is 1. The van der Waals surface area contributed by atoms with E-state index in [0.717, 1.165) is 24.2 Å². The van der Waals surface area contributed by atoms with Crippen molar-refractivity contribution in [3.63, 3.8) is 0 Å². The SMILES string of the molecule is NC1C2CCC(C2)C1C(=O)CC1CC2CCC1C2. The number of hydrogen-bond donors (Lipinski definition) is 1. The quantitative estimate of drug-likeness (QED) is 0.833. The molecular weight excluding hydrogens is 222 g/mol. The van der Waals surface area contributed by atoms with Crippen molar-refractivity contribution in [1.29, 1.82) is 0 Å². The van der Waals surface area contributed by atoms with Crippen LogP contribution in [0, 0.1) is 35.5 Å². The second kappa shape index (κ2) is 4.06. The number of fused-ring (bicyclic) bond motifs is 4. The molecule has 0 aromatic carbocycles. The highest BCUT2D eigenvalue weighted by Crippen LogP contribution is 2.52. The van der Waals surface area contributed by atoms with E-state index in [2.05, 4.69) is 0 Å². The summed E-state index contributed by atoms with van der Waals surface area (Å²) in [5.74, 6) is 4.66. The van der Waals surface area contributed by atoms with Crippen molar-refractivity contribution in [2.75, 3.05) is 0 Å². The van der Waals surface area contributed by atoms with Gasteiger partial charge in [0.05, 0.1) is 0 Å². The first-order valence-corrected chi connectivity index (χ1v) is 8.00. The van der Waals surface area contributed by atoms with Crippen molar-refractivity contribution in [2.24, 2.45) is 41.2 Å². The van der Waals surface area contributed by atoms with E-state index in [-0.39, 0.29) is 12.0 Å². The van der Waals surface area contributed by atoms with Crippen LogP contribution in [-0.2, 0) is 4.79 Å². The van der Waals surface area contributed by atoms with Crippen LogP contribution in [0.15, 0.2) is 0 Å². The van der Waals surface area contributed by atoms with Crippen LogP contribution < -0.4 is 5.73 Å². The molecule has 0 aliphatic heterocycles. The third kappa shape index (κ3) is 1.61. The van der Waals surface area contributed by atoms with Gasteiger partial charge in [-0.3, -0.25) is 4.79 Å². The molecule has 4 rings (SSSR count). The lowest BCUT2D eigenvalue weighted by atomic mass is 9.77. The van der Waals surface area contributed by atoms with Crippen molar-refractivity contribution in [2.45, 2.75) is 57.4 Å². The Morgan fingerprint density at radius 1 is 0.944 bits per heavy atom. The third-order valence-corrected chi connectivity index (χ3v) is 6.70. The van der Waals surface area contributed by atoms with Gasteiger partial charge in [0.25, 0.3) is 0 Å². The molecule has 4 saturated carbocycles. The first-order valence-electron chi connectivity index (χ1n) is 8.00. The minimum absolute atomic E-state index is 0.204. The molecule has 0 aromatic heterocycles. The zero-order valence-electron chi connectivity index (χ0n) is 11.2. The molecule has 2 heteroatoms. The Morgan fingerprint density at radius 3 is 2.33 bits per heavy atom. The summed E-state index contributed by atoms with van der Waals surface area (Å²) in [5.41, 5.74) is 6.29. The Hall–Kier alpha value is -0.370. The van der Waals surface area contributed by atoms with Crippen molar-refractivity contribution in [3.05, 3.63) is 0 Å². The van der Waals surface area contributed by atoms with E-state index in [4.69, 9.17) is 5.73 Å². The van der Waals surface area contributed by atoms with Gasteiger partial charge >= 0.3 is 0 Å². The summed E-state index contributed by atoms with van der Waals surface area (Å²) in [6.45, 7) is 0. The van der Waals surface area contributed by atoms with Gasteiger partial charge in [0.15, 0.2) is 0 Å². The lowest BCUT2D eigenvalue weighted by Gasteiger charge is -2.29. The van der Waals surface area contributed by atoms with Gasteiger partial charge in [0, 0.05) is 18.4 Å². The zero-order valence-corrected chi connectivity index (χ0v) is 11.2. The van der Waals surface area contributed by atoms with E-state index in [1.807, 2.05) is 0 Å². The maximum Gasteiger partial charge on any atom is 0.138 e. The predicted molar refractivity (Wildman–Crippen MR) is 70.9 cm³/mol. The third-order valence-electron chi connectivity index (χ3n) is 6.70. The molecule has 2 N–H and O–H groups in total. The number of ketones is 1. The van der Waals surface area contributed by atoms with Crippen LogP contribution in [0.5, 0.6) is 0 Å². The van der Waals surface area contributed by atoms with Gasteiger partial charge in [0.1, 0.15) is 5.78 Å². The monoisotopic (exact) mass is 247 g/mol. The molecular formula is C16H25NO. The van der Waals surface area contributed by atoms with Crippen LogP contribution in [0.4, 0.5) is 0 Å². The standard InChI is InChI=1S/C16H25NO/c17-16-12-4-3-11(7-12)15(16)14(18)8-13-6-9-1-2-10(13)5-9/h9-13,15-16H,1-8,17H2. The second-order valence-corrected chi connectivity index (χ2v) is 7.54. The predicted octanol–water partition coefficient (Wildman–Crippen LogP) is 2.76. The van der Waals surface area contributed by atoms with Gasteiger partial charge in [-0.05, 0) is 68.1 Å². The van der Waals surface area contributed by atoms with Crippen molar-refractivity contribution >= 4 is 5.78 Å². The number of carbonyl (C=O) groups is 1. The van der Waals surface area contributed by atoms with Crippen LogP contribution in [0.25, 0.3) is 0 Å². The average Bonchev–Trinajstić information content (AvgIpc) is 3.07. The highest BCUT2D eigenvalue weighted by molar-refractivity contribution is 5.83. The Kier molecular flexibility index (Phi) is 2.58. The summed E-state index contributed by atoms with van der Waals surface area (Å²) in [4.78, 5) is 12.6. The van der Waals surface area contributed by atoms with Crippen molar-refractivity contribution < 1.29 is 4.79 Å². The van der Waals surface area contributed by atoms with E-state index in [9.17, 15) is 4.79 Å². The highest BCUT2D eigenvalue weighted by atomic mass is 16.1. The van der Waals surface area contributed by atoms with Crippen LogP contribution in [0.3, 0.4) is 0 Å². The van der Waals surface area contributed by atoms with Crippen LogP contribution in [0.1, 0.15) is 51.4 Å². The Labute approximate surface area is 110 Å². The Bertz CT molecular complexity index is 364.